The number of amides is 1. The van der Waals surface area contributed by atoms with E-state index in [1.165, 1.54) is 6.20 Å². The Morgan fingerprint density at radius 1 is 1.58 bits per heavy atom. The number of nitrogens with one attached hydrogen (secondary N) is 2. The number of nitrogens with zero attached hydrogens (tertiary/aromatic N) is 2. The van der Waals surface area contributed by atoms with Crippen LogP contribution in [0, 0.1) is 0 Å². The highest BCUT2D eigenvalue weighted by molar-refractivity contribution is 6.32. The fourth-order valence-corrected chi connectivity index (χ4v) is 1.65. The molecule has 0 unspecified atom stereocenters. The Kier molecular flexibility index (Phi) is 6.31. The van der Waals surface area contributed by atoms with Crippen LogP contribution in [0.1, 0.15) is 13.3 Å². The van der Waals surface area contributed by atoms with Crippen molar-refractivity contribution in [1.29, 1.82) is 0 Å². The molecule has 0 atom stereocenters. The molecule has 0 fully saturated rings. The minimum Gasteiger partial charge on any atom is -0.394 e. The number of halogens is 1. The first-order valence-electron chi connectivity index (χ1n) is 5.97. The van der Waals surface area contributed by atoms with Crippen LogP contribution >= 0.6 is 11.6 Å². The second-order valence-electron chi connectivity index (χ2n) is 3.75. The molecule has 3 N–H and O–H groups in total. The van der Waals surface area contributed by atoms with Gasteiger partial charge in [-0.2, -0.15) is 5.10 Å². The second kappa shape index (κ2) is 7.75. The van der Waals surface area contributed by atoms with Crippen molar-refractivity contribution in [2.45, 2.75) is 19.9 Å². The average molecular weight is 289 g/mol. The van der Waals surface area contributed by atoms with Crippen molar-refractivity contribution >= 4 is 23.2 Å². The quantitative estimate of drug-likeness (QED) is 0.647. The summed E-state index contributed by atoms with van der Waals surface area (Å²) in [6, 6.07) is 0. The first kappa shape index (κ1) is 15.5. The predicted molar refractivity (Wildman–Crippen MR) is 72.4 cm³/mol. The third-order valence-electron chi connectivity index (χ3n) is 2.34. The van der Waals surface area contributed by atoms with Crippen LogP contribution in [0.5, 0.6) is 0 Å². The fourth-order valence-electron chi connectivity index (χ4n) is 1.44. The van der Waals surface area contributed by atoms with E-state index >= 15 is 0 Å². The summed E-state index contributed by atoms with van der Waals surface area (Å²) in [7, 11) is 0. The van der Waals surface area contributed by atoms with Gasteiger partial charge in [0, 0.05) is 19.5 Å². The second-order valence-corrected chi connectivity index (χ2v) is 4.13. The first-order valence-corrected chi connectivity index (χ1v) is 6.35. The van der Waals surface area contributed by atoms with Gasteiger partial charge in [-0.25, -0.2) is 4.68 Å². The van der Waals surface area contributed by atoms with E-state index in [9.17, 15) is 9.59 Å². The van der Waals surface area contributed by atoms with Gasteiger partial charge in [0.15, 0.2) is 0 Å². The maximum Gasteiger partial charge on any atom is 0.287 e. The van der Waals surface area contributed by atoms with Gasteiger partial charge < -0.3 is 15.7 Å². The Bertz CT molecular complexity index is 489. The number of carbonyl (C=O) groups excluding carboxylic acids is 1. The van der Waals surface area contributed by atoms with E-state index in [0.29, 0.717) is 18.8 Å². The molecule has 0 aliphatic carbocycles. The van der Waals surface area contributed by atoms with Crippen molar-refractivity contribution in [3.8, 4) is 0 Å². The Hall–Kier alpha value is -1.60. The maximum atomic E-state index is 11.7. The van der Waals surface area contributed by atoms with Crippen LogP contribution < -0.4 is 16.2 Å². The zero-order valence-corrected chi connectivity index (χ0v) is 11.4. The minimum absolute atomic E-state index is 0.000602. The van der Waals surface area contributed by atoms with Crippen molar-refractivity contribution in [2.24, 2.45) is 0 Å². The van der Waals surface area contributed by atoms with Gasteiger partial charge in [0.2, 0.25) is 5.91 Å². The van der Waals surface area contributed by atoms with Crippen LogP contribution in [-0.4, -0.2) is 40.5 Å². The number of aromatic nitrogens is 2. The van der Waals surface area contributed by atoms with Gasteiger partial charge >= 0.3 is 0 Å². The Morgan fingerprint density at radius 2 is 2.32 bits per heavy atom. The molecule has 0 spiro atoms. The number of hydrogen-bond acceptors (Lipinski definition) is 5. The van der Waals surface area contributed by atoms with E-state index in [0.717, 1.165) is 4.68 Å². The van der Waals surface area contributed by atoms with Gasteiger partial charge in [-0.3, -0.25) is 9.59 Å². The molecule has 106 valence electrons. The topological polar surface area (TPSA) is 96.2 Å². The first-order chi connectivity index (χ1) is 9.10. The predicted octanol–water partition coefficient (Wildman–Crippen LogP) is -0.173. The van der Waals surface area contributed by atoms with Gasteiger partial charge in [-0.05, 0) is 6.92 Å². The van der Waals surface area contributed by atoms with Crippen molar-refractivity contribution in [2.75, 3.05) is 25.0 Å². The molecule has 1 heterocycles. The lowest BCUT2D eigenvalue weighted by atomic mass is 10.3. The molecule has 1 aromatic rings. The van der Waals surface area contributed by atoms with Gasteiger partial charge in [0.1, 0.15) is 5.02 Å². The third kappa shape index (κ3) is 4.53. The highest BCUT2D eigenvalue weighted by Gasteiger charge is 2.09. The SMILES string of the molecule is CCNC(=O)CCNc1cnn(CCO)c(=O)c1Cl. The summed E-state index contributed by atoms with van der Waals surface area (Å²) >= 11 is 5.89. The summed E-state index contributed by atoms with van der Waals surface area (Å²) < 4.78 is 1.08. The van der Waals surface area contributed by atoms with Crippen molar-refractivity contribution in [1.82, 2.24) is 15.1 Å². The molecule has 1 rings (SSSR count). The van der Waals surface area contributed by atoms with Gasteiger partial charge in [0.25, 0.3) is 5.56 Å². The van der Waals surface area contributed by atoms with Crippen LogP contribution in [0.3, 0.4) is 0 Å². The Morgan fingerprint density at radius 3 is 2.95 bits per heavy atom. The molecule has 19 heavy (non-hydrogen) atoms. The Balaban J connectivity index is 2.62. The van der Waals surface area contributed by atoms with E-state index < -0.39 is 5.56 Å². The summed E-state index contributed by atoms with van der Waals surface area (Å²) in [5.41, 5.74) is -0.0936. The van der Waals surface area contributed by atoms with Crippen LogP contribution in [0.4, 0.5) is 5.69 Å². The van der Waals surface area contributed by atoms with Crippen LogP contribution in [0.25, 0.3) is 0 Å². The van der Waals surface area contributed by atoms with Crippen LogP contribution in [0.2, 0.25) is 5.02 Å². The standard InChI is InChI=1S/C11H17ClN4O3/c1-2-13-9(18)3-4-14-8-7-15-16(5-6-17)11(19)10(8)12/h7,14,17H,2-6H2,1H3,(H,13,18). The normalized spacial score (nSPS) is 10.3. The number of anilines is 1. The number of carbonyl (C=O) groups is 1. The summed E-state index contributed by atoms with van der Waals surface area (Å²) in [6.45, 7) is 2.69. The molecule has 0 aromatic carbocycles. The van der Waals surface area contributed by atoms with Crippen molar-refractivity contribution in [3.05, 3.63) is 21.6 Å². The Labute approximate surface area is 115 Å². The van der Waals surface area contributed by atoms with Crippen LogP contribution in [-0.2, 0) is 11.3 Å². The zero-order valence-electron chi connectivity index (χ0n) is 10.6. The zero-order chi connectivity index (χ0) is 14.3. The molecule has 0 radical (unpaired) electrons. The molecule has 0 saturated carbocycles. The molecular formula is C11H17ClN4O3. The van der Waals surface area contributed by atoms with E-state index in [2.05, 4.69) is 15.7 Å². The molecule has 1 aromatic heterocycles. The molecule has 0 aliphatic rings. The maximum absolute atomic E-state index is 11.7. The highest BCUT2D eigenvalue weighted by Crippen LogP contribution is 2.14. The van der Waals surface area contributed by atoms with Gasteiger partial charge in [-0.15, -0.1) is 0 Å². The highest BCUT2D eigenvalue weighted by atomic mass is 35.5. The number of aliphatic hydroxyl groups excluding tert-OH is 1. The number of hydrogen-bond donors (Lipinski definition) is 3. The molecule has 0 aliphatic heterocycles. The lowest BCUT2D eigenvalue weighted by molar-refractivity contribution is -0.120. The lowest BCUT2D eigenvalue weighted by Crippen LogP contribution is -2.27. The largest absolute Gasteiger partial charge is 0.394 e. The summed E-state index contributed by atoms with van der Waals surface area (Å²) in [5.74, 6) is -0.0762. The molecule has 0 saturated heterocycles. The van der Waals surface area contributed by atoms with E-state index in [-0.39, 0.29) is 30.5 Å². The molecular weight excluding hydrogens is 272 g/mol. The number of aliphatic hydroxyl groups is 1. The van der Waals surface area contributed by atoms with E-state index in [4.69, 9.17) is 16.7 Å². The van der Waals surface area contributed by atoms with E-state index in [1.807, 2.05) is 6.92 Å². The molecule has 7 nitrogen and oxygen atoms in total. The molecule has 8 heteroatoms. The summed E-state index contributed by atoms with van der Waals surface area (Å²) in [6.07, 6.45) is 1.68. The van der Waals surface area contributed by atoms with Crippen molar-refractivity contribution < 1.29 is 9.90 Å². The summed E-state index contributed by atoms with van der Waals surface area (Å²) in [4.78, 5) is 22.9. The molecule has 1 amide bonds. The smallest absolute Gasteiger partial charge is 0.287 e. The minimum atomic E-state index is -0.473. The number of rotatable bonds is 7. The van der Waals surface area contributed by atoms with Gasteiger partial charge in [0.05, 0.1) is 25.0 Å². The van der Waals surface area contributed by atoms with Crippen LogP contribution in [0.15, 0.2) is 11.0 Å². The van der Waals surface area contributed by atoms with Gasteiger partial charge in [-0.1, -0.05) is 11.6 Å². The monoisotopic (exact) mass is 288 g/mol. The fraction of sp³-hybridized carbons (Fsp3) is 0.545. The van der Waals surface area contributed by atoms with Crippen molar-refractivity contribution in [3.63, 3.8) is 0 Å². The average Bonchev–Trinajstić information content (AvgIpc) is 2.38. The molecule has 0 bridgehead atoms. The summed E-state index contributed by atoms with van der Waals surface area (Å²) in [5, 5.41) is 18.2. The third-order valence-corrected chi connectivity index (χ3v) is 2.70. The lowest BCUT2D eigenvalue weighted by Gasteiger charge is -2.09. The van der Waals surface area contributed by atoms with E-state index in [1.54, 1.807) is 0 Å².